The van der Waals surface area contributed by atoms with Crippen LogP contribution in [0.25, 0.3) is 0 Å². The average Bonchev–Trinajstić information content (AvgIpc) is 2.29. The van der Waals surface area contributed by atoms with Crippen molar-refractivity contribution in [2.45, 2.75) is 19.9 Å². The van der Waals surface area contributed by atoms with Crippen LogP contribution < -0.4 is 5.32 Å². The molecule has 4 heteroatoms. The smallest absolute Gasteiger partial charge is 0.0669 e. The van der Waals surface area contributed by atoms with Gasteiger partial charge < -0.3 is 5.32 Å². The second kappa shape index (κ2) is 6.75. The zero-order chi connectivity index (χ0) is 12.0. The van der Waals surface area contributed by atoms with Gasteiger partial charge in [-0.1, -0.05) is 36.2 Å². The van der Waals surface area contributed by atoms with Gasteiger partial charge >= 0.3 is 0 Å². The zero-order valence-electron chi connectivity index (χ0n) is 9.13. The van der Waals surface area contributed by atoms with E-state index in [0.29, 0.717) is 23.1 Å². The first-order valence-corrected chi connectivity index (χ1v) is 5.97. The molecule has 16 heavy (non-hydrogen) atoms. The van der Waals surface area contributed by atoms with Crippen molar-refractivity contribution in [1.29, 1.82) is 5.26 Å². The maximum atomic E-state index is 8.78. The second-order valence-electron chi connectivity index (χ2n) is 3.61. The predicted molar refractivity (Wildman–Crippen MR) is 67.6 cm³/mol. The minimum atomic E-state index is 0.0720. The molecule has 0 amide bonds. The number of halogens is 2. The summed E-state index contributed by atoms with van der Waals surface area (Å²) in [6.45, 7) is 3.41. The Hall–Kier alpha value is -0.750. The van der Waals surface area contributed by atoms with Gasteiger partial charge in [0, 0.05) is 13.1 Å². The van der Waals surface area contributed by atoms with E-state index >= 15 is 0 Å². The summed E-state index contributed by atoms with van der Waals surface area (Å²) >= 11 is 11.7. The van der Waals surface area contributed by atoms with E-state index < -0.39 is 0 Å². The van der Waals surface area contributed by atoms with Crippen molar-refractivity contribution in [3.05, 3.63) is 33.8 Å². The van der Waals surface area contributed by atoms with Gasteiger partial charge in [-0.15, -0.1) is 0 Å². The van der Waals surface area contributed by atoms with Gasteiger partial charge in [0.15, 0.2) is 0 Å². The topological polar surface area (TPSA) is 35.8 Å². The molecule has 0 spiro atoms. The third kappa shape index (κ3) is 4.02. The summed E-state index contributed by atoms with van der Waals surface area (Å²) in [5.41, 5.74) is 1.07. The van der Waals surface area contributed by atoms with Gasteiger partial charge in [-0.05, 0) is 24.1 Å². The van der Waals surface area contributed by atoms with Crippen LogP contribution in [-0.4, -0.2) is 6.54 Å². The van der Waals surface area contributed by atoms with Crippen LogP contribution in [0.2, 0.25) is 10.0 Å². The summed E-state index contributed by atoms with van der Waals surface area (Å²) in [5, 5.41) is 13.1. The molecule has 0 saturated heterocycles. The minimum Gasteiger partial charge on any atom is -0.311 e. The summed E-state index contributed by atoms with van der Waals surface area (Å²) in [4.78, 5) is 0. The average molecular weight is 257 g/mol. The molecule has 1 N–H and O–H groups in total. The van der Waals surface area contributed by atoms with Gasteiger partial charge in [0.2, 0.25) is 0 Å². The van der Waals surface area contributed by atoms with E-state index in [9.17, 15) is 0 Å². The quantitative estimate of drug-likeness (QED) is 0.874. The standard InChI is InChI=1S/C12H14Cl2N2/c1-2-9(6-15)7-16-8-10-3-4-11(13)12(14)5-10/h3-5,9,16H,2,7-8H2,1H3. The van der Waals surface area contributed by atoms with E-state index in [-0.39, 0.29) is 5.92 Å². The molecular weight excluding hydrogens is 243 g/mol. The van der Waals surface area contributed by atoms with Crippen LogP contribution in [-0.2, 0) is 6.54 Å². The Bertz CT molecular complexity index is 385. The molecule has 0 aliphatic rings. The van der Waals surface area contributed by atoms with Crippen LogP contribution in [0.5, 0.6) is 0 Å². The summed E-state index contributed by atoms with van der Waals surface area (Å²) < 4.78 is 0. The zero-order valence-corrected chi connectivity index (χ0v) is 10.6. The monoisotopic (exact) mass is 256 g/mol. The van der Waals surface area contributed by atoms with E-state index in [1.54, 1.807) is 6.07 Å². The normalized spacial score (nSPS) is 12.1. The number of benzene rings is 1. The maximum absolute atomic E-state index is 8.78. The number of hydrogen-bond acceptors (Lipinski definition) is 2. The molecule has 1 rings (SSSR count). The van der Waals surface area contributed by atoms with Crippen molar-refractivity contribution < 1.29 is 0 Å². The highest BCUT2D eigenvalue weighted by Gasteiger charge is 2.04. The van der Waals surface area contributed by atoms with Gasteiger partial charge in [-0.2, -0.15) is 5.26 Å². The summed E-state index contributed by atoms with van der Waals surface area (Å²) in [7, 11) is 0. The Labute approximate surface area is 106 Å². The molecule has 1 atom stereocenters. The molecule has 0 heterocycles. The molecule has 1 aromatic rings. The van der Waals surface area contributed by atoms with E-state index in [4.69, 9.17) is 28.5 Å². The fourth-order valence-electron chi connectivity index (χ4n) is 1.32. The molecule has 0 radical (unpaired) electrons. The van der Waals surface area contributed by atoms with Gasteiger partial charge in [-0.3, -0.25) is 0 Å². The SMILES string of the molecule is CCC(C#N)CNCc1ccc(Cl)c(Cl)c1. The van der Waals surface area contributed by atoms with Crippen LogP contribution in [0.15, 0.2) is 18.2 Å². The highest BCUT2D eigenvalue weighted by atomic mass is 35.5. The Morgan fingerprint density at radius 1 is 1.38 bits per heavy atom. The molecule has 2 nitrogen and oxygen atoms in total. The first-order chi connectivity index (χ1) is 7.67. The van der Waals surface area contributed by atoms with Crippen LogP contribution in [0.1, 0.15) is 18.9 Å². The van der Waals surface area contributed by atoms with Crippen LogP contribution in [0.4, 0.5) is 0 Å². The van der Waals surface area contributed by atoms with E-state index in [1.165, 1.54) is 0 Å². The van der Waals surface area contributed by atoms with E-state index in [1.807, 2.05) is 19.1 Å². The van der Waals surface area contributed by atoms with Crippen molar-refractivity contribution in [3.63, 3.8) is 0 Å². The van der Waals surface area contributed by atoms with E-state index in [2.05, 4.69) is 11.4 Å². The molecule has 0 aliphatic carbocycles. The lowest BCUT2D eigenvalue weighted by Gasteiger charge is -2.08. The lowest BCUT2D eigenvalue weighted by molar-refractivity contribution is 0.553. The maximum Gasteiger partial charge on any atom is 0.0669 e. The number of hydrogen-bond donors (Lipinski definition) is 1. The van der Waals surface area contributed by atoms with Crippen molar-refractivity contribution in [2.75, 3.05) is 6.54 Å². The molecule has 0 fully saturated rings. The molecule has 1 unspecified atom stereocenters. The van der Waals surface area contributed by atoms with Crippen molar-refractivity contribution in [1.82, 2.24) is 5.32 Å². The molecule has 0 aliphatic heterocycles. The molecular formula is C12H14Cl2N2. The summed E-state index contributed by atoms with van der Waals surface area (Å²) in [6, 6.07) is 7.79. The Morgan fingerprint density at radius 3 is 2.69 bits per heavy atom. The first-order valence-electron chi connectivity index (χ1n) is 5.21. The second-order valence-corrected chi connectivity index (χ2v) is 4.43. The third-order valence-corrected chi connectivity index (χ3v) is 3.12. The predicted octanol–water partition coefficient (Wildman–Crippen LogP) is 3.63. The fraction of sp³-hybridized carbons (Fsp3) is 0.417. The van der Waals surface area contributed by atoms with Gasteiger partial charge in [0.25, 0.3) is 0 Å². The largest absolute Gasteiger partial charge is 0.311 e. The number of nitrogens with one attached hydrogen (secondary N) is 1. The molecule has 0 aromatic heterocycles. The van der Waals surface area contributed by atoms with Crippen LogP contribution in [0.3, 0.4) is 0 Å². The fourth-order valence-corrected chi connectivity index (χ4v) is 1.64. The lowest BCUT2D eigenvalue weighted by Crippen LogP contribution is -2.21. The number of nitrogens with zero attached hydrogens (tertiary/aromatic N) is 1. The minimum absolute atomic E-state index is 0.0720. The summed E-state index contributed by atoms with van der Waals surface area (Å²) in [6.07, 6.45) is 0.866. The van der Waals surface area contributed by atoms with Gasteiger partial charge in [0.1, 0.15) is 0 Å². The Balaban J connectivity index is 2.43. The molecule has 0 saturated carbocycles. The first kappa shape index (κ1) is 13.3. The highest BCUT2D eigenvalue weighted by Crippen LogP contribution is 2.22. The highest BCUT2D eigenvalue weighted by molar-refractivity contribution is 6.42. The van der Waals surface area contributed by atoms with Crippen molar-refractivity contribution >= 4 is 23.2 Å². The van der Waals surface area contributed by atoms with Crippen molar-refractivity contribution in [3.8, 4) is 6.07 Å². The van der Waals surface area contributed by atoms with Crippen LogP contribution in [0, 0.1) is 17.2 Å². The lowest BCUT2D eigenvalue weighted by atomic mass is 10.1. The Morgan fingerprint density at radius 2 is 2.12 bits per heavy atom. The Kier molecular flexibility index (Phi) is 5.62. The third-order valence-electron chi connectivity index (χ3n) is 2.38. The molecule has 0 bridgehead atoms. The summed E-state index contributed by atoms with van der Waals surface area (Å²) in [5.74, 6) is 0.0720. The molecule has 86 valence electrons. The number of rotatable bonds is 5. The van der Waals surface area contributed by atoms with Gasteiger partial charge in [-0.25, -0.2) is 0 Å². The molecule has 1 aromatic carbocycles. The van der Waals surface area contributed by atoms with Crippen molar-refractivity contribution in [2.24, 2.45) is 5.92 Å². The van der Waals surface area contributed by atoms with Crippen LogP contribution >= 0.6 is 23.2 Å². The number of nitriles is 1. The van der Waals surface area contributed by atoms with E-state index in [0.717, 1.165) is 12.0 Å². The van der Waals surface area contributed by atoms with Gasteiger partial charge in [0.05, 0.1) is 22.0 Å².